The molecule has 28 heavy (non-hydrogen) atoms. The van der Waals surface area contributed by atoms with Crippen molar-refractivity contribution in [2.45, 2.75) is 57.7 Å². The highest BCUT2D eigenvalue weighted by Gasteiger charge is 2.36. The van der Waals surface area contributed by atoms with Crippen LogP contribution in [0.25, 0.3) is 0 Å². The molecular weight excluding hydrogens is 372 g/mol. The molecule has 0 aliphatic carbocycles. The molecule has 3 atom stereocenters. The minimum absolute atomic E-state index is 0.0593. The maximum Gasteiger partial charge on any atom is 0.326 e. The summed E-state index contributed by atoms with van der Waals surface area (Å²) in [5.74, 6) is -4.17. The van der Waals surface area contributed by atoms with E-state index < -0.39 is 60.8 Å². The highest BCUT2D eigenvalue weighted by molar-refractivity contribution is 5.93. The van der Waals surface area contributed by atoms with Crippen molar-refractivity contribution in [1.82, 2.24) is 15.5 Å². The van der Waals surface area contributed by atoms with Crippen LogP contribution in [0.5, 0.6) is 0 Å². The molecule has 158 valence electrons. The SMILES string of the molecule is CC(C)CC(NC(=O)CNC(=O)C1CCCN1C(=O)C(N)CC(=O)O)C(=O)O. The number of nitrogens with two attached hydrogens (primary N) is 1. The van der Waals surface area contributed by atoms with E-state index in [0.29, 0.717) is 12.8 Å². The average molecular weight is 400 g/mol. The summed E-state index contributed by atoms with van der Waals surface area (Å²) < 4.78 is 0. The molecule has 1 rings (SSSR count). The summed E-state index contributed by atoms with van der Waals surface area (Å²) in [4.78, 5) is 59.7. The van der Waals surface area contributed by atoms with E-state index in [2.05, 4.69) is 10.6 Å². The Morgan fingerprint density at radius 1 is 1.18 bits per heavy atom. The lowest BCUT2D eigenvalue weighted by molar-refractivity contribution is -0.144. The Balaban J connectivity index is 2.59. The van der Waals surface area contributed by atoms with Crippen LogP contribution in [0.2, 0.25) is 0 Å². The highest BCUT2D eigenvalue weighted by atomic mass is 16.4. The standard InChI is InChI=1S/C17H28N4O7/c1-9(2)6-11(17(27)28)20-13(22)8-19-15(25)12-4-3-5-21(12)16(26)10(18)7-14(23)24/h9-12H,3-8,18H2,1-2H3,(H,19,25)(H,20,22)(H,23,24)(H,27,28). The number of amides is 3. The largest absolute Gasteiger partial charge is 0.481 e. The third kappa shape index (κ3) is 7.14. The van der Waals surface area contributed by atoms with Gasteiger partial charge in [-0.2, -0.15) is 0 Å². The lowest BCUT2D eigenvalue weighted by Gasteiger charge is -2.26. The molecule has 0 bridgehead atoms. The second-order valence-electron chi connectivity index (χ2n) is 7.20. The van der Waals surface area contributed by atoms with Gasteiger partial charge in [0.05, 0.1) is 19.0 Å². The van der Waals surface area contributed by atoms with Crippen LogP contribution in [0.4, 0.5) is 0 Å². The smallest absolute Gasteiger partial charge is 0.326 e. The highest BCUT2D eigenvalue weighted by Crippen LogP contribution is 2.18. The van der Waals surface area contributed by atoms with Gasteiger partial charge in [0.15, 0.2) is 0 Å². The molecule has 0 spiro atoms. The Kier molecular flexibility index (Phi) is 8.83. The number of rotatable bonds is 10. The first-order chi connectivity index (χ1) is 13.0. The zero-order chi connectivity index (χ0) is 21.4. The summed E-state index contributed by atoms with van der Waals surface area (Å²) >= 11 is 0. The summed E-state index contributed by atoms with van der Waals surface area (Å²) in [5, 5.41) is 22.6. The monoisotopic (exact) mass is 400 g/mol. The first-order valence-electron chi connectivity index (χ1n) is 9.10. The predicted octanol–water partition coefficient (Wildman–Crippen LogP) is -1.49. The fourth-order valence-electron chi connectivity index (χ4n) is 3.01. The predicted molar refractivity (Wildman–Crippen MR) is 97.0 cm³/mol. The van der Waals surface area contributed by atoms with Crippen LogP contribution in [0.3, 0.4) is 0 Å². The van der Waals surface area contributed by atoms with Crippen molar-refractivity contribution in [3.63, 3.8) is 0 Å². The summed E-state index contributed by atoms with van der Waals surface area (Å²) in [7, 11) is 0. The second kappa shape index (κ2) is 10.6. The number of nitrogens with one attached hydrogen (secondary N) is 2. The summed E-state index contributed by atoms with van der Waals surface area (Å²) in [5.41, 5.74) is 5.58. The molecule has 3 amide bonds. The van der Waals surface area contributed by atoms with Crippen molar-refractivity contribution in [3.8, 4) is 0 Å². The lowest BCUT2D eigenvalue weighted by atomic mass is 10.0. The molecule has 0 aromatic carbocycles. The van der Waals surface area contributed by atoms with Gasteiger partial charge in [0.1, 0.15) is 12.1 Å². The van der Waals surface area contributed by atoms with Gasteiger partial charge in [-0.15, -0.1) is 0 Å². The normalized spacial score (nSPS) is 18.4. The van der Waals surface area contributed by atoms with Crippen LogP contribution in [0.15, 0.2) is 0 Å². The lowest BCUT2D eigenvalue weighted by Crippen LogP contribution is -2.53. The van der Waals surface area contributed by atoms with E-state index in [1.54, 1.807) is 0 Å². The first-order valence-corrected chi connectivity index (χ1v) is 9.10. The topological polar surface area (TPSA) is 179 Å². The van der Waals surface area contributed by atoms with Gasteiger partial charge in [0.25, 0.3) is 0 Å². The number of hydrogen-bond donors (Lipinski definition) is 5. The molecule has 11 heteroatoms. The molecule has 1 aliphatic heterocycles. The van der Waals surface area contributed by atoms with Crippen molar-refractivity contribution >= 4 is 29.7 Å². The van der Waals surface area contributed by atoms with E-state index in [0.717, 1.165) is 0 Å². The van der Waals surface area contributed by atoms with Gasteiger partial charge in [0, 0.05) is 6.54 Å². The molecule has 1 heterocycles. The van der Waals surface area contributed by atoms with Gasteiger partial charge < -0.3 is 31.5 Å². The van der Waals surface area contributed by atoms with Gasteiger partial charge in [0.2, 0.25) is 17.7 Å². The number of carbonyl (C=O) groups excluding carboxylic acids is 3. The summed E-state index contributed by atoms with van der Waals surface area (Å²) in [6.45, 7) is 3.49. The van der Waals surface area contributed by atoms with E-state index >= 15 is 0 Å². The number of aliphatic carboxylic acids is 2. The van der Waals surface area contributed by atoms with E-state index in [1.807, 2.05) is 13.8 Å². The van der Waals surface area contributed by atoms with Gasteiger partial charge in [-0.1, -0.05) is 13.8 Å². The fourth-order valence-corrected chi connectivity index (χ4v) is 3.01. The Bertz CT molecular complexity index is 623. The van der Waals surface area contributed by atoms with Gasteiger partial charge in [-0.25, -0.2) is 4.79 Å². The minimum Gasteiger partial charge on any atom is -0.481 e. The quantitative estimate of drug-likeness (QED) is 0.294. The summed E-state index contributed by atoms with van der Waals surface area (Å²) in [6.07, 6.45) is 0.620. The van der Waals surface area contributed by atoms with Crippen LogP contribution in [0.1, 0.15) is 39.5 Å². The van der Waals surface area contributed by atoms with E-state index in [4.69, 9.17) is 15.9 Å². The van der Waals surface area contributed by atoms with E-state index in [9.17, 15) is 24.0 Å². The average Bonchev–Trinajstić information content (AvgIpc) is 3.06. The van der Waals surface area contributed by atoms with Crippen molar-refractivity contribution in [3.05, 3.63) is 0 Å². The van der Waals surface area contributed by atoms with Gasteiger partial charge in [-0.3, -0.25) is 19.2 Å². The van der Waals surface area contributed by atoms with Crippen LogP contribution in [-0.2, 0) is 24.0 Å². The molecule has 3 unspecified atom stereocenters. The first kappa shape index (κ1) is 23.3. The van der Waals surface area contributed by atoms with Gasteiger partial charge in [-0.05, 0) is 25.2 Å². The zero-order valence-electron chi connectivity index (χ0n) is 16.0. The van der Waals surface area contributed by atoms with Gasteiger partial charge >= 0.3 is 11.9 Å². The maximum absolute atomic E-state index is 12.3. The second-order valence-corrected chi connectivity index (χ2v) is 7.20. The molecule has 11 nitrogen and oxygen atoms in total. The van der Waals surface area contributed by atoms with E-state index in [-0.39, 0.29) is 18.9 Å². The number of carbonyl (C=O) groups is 5. The third-order valence-corrected chi connectivity index (χ3v) is 4.31. The van der Waals surface area contributed by atoms with Crippen molar-refractivity contribution < 1.29 is 34.2 Å². The molecule has 0 saturated carbocycles. The minimum atomic E-state index is -1.25. The molecule has 1 saturated heterocycles. The maximum atomic E-state index is 12.3. The third-order valence-electron chi connectivity index (χ3n) is 4.31. The van der Waals surface area contributed by atoms with Crippen LogP contribution < -0.4 is 16.4 Å². The Hall–Kier alpha value is -2.69. The molecule has 1 aliphatic rings. The molecule has 6 N–H and O–H groups in total. The van der Waals surface area contributed by atoms with Crippen molar-refractivity contribution in [2.75, 3.05) is 13.1 Å². The van der Waals surface area contributed by atoms with Crippen molar-refractivity contribution in [1.29, 1.82) is 0 Å². The van der Waals surface area contributed by atoms with E-state index in [1.165, 1.54) is 4.90 Å². The fraction of sp³-hybridized carbons (Fsp3) is 0.706. The number of hydrogen-bond acceptors (Lipinski definition) is 6. The number of nitrogens with zero attached hydrogens (tertiary/aromatic N) is 1. The Morgan fingerprint density at radius 3 is 2.36 bits per heavy atom. The molecule has 0 radical (unpaired) electrons. The molecule has 0 aromatic heterocycles. The van der Waals surface area contributed by atoms with Crippen LogP contribution >= 0.6 is 0 Å². The zero-order valence-corrected chi connectivity index (χ0v) is 16.0. The number of likely N-dealkylation sites (tertiary alicyclic amines) is 1. The Labute approximate surface area is 162 Å². The summed E-state index contributed by atoms with van der Waals surface area (Å²) in [6, 6.07) is -3.14. The van der Waals surface area contributed by atoms with Crippen molar-refractivity contribution in [2.24, 2.45) is 11.7 Å². The molecule has 0 aromatic rings. The van der Waals surface area contributed by atoms with Crippen LogP contribution in [-0.4, -0.2) is 76.0 Å². The number of carboxylic acids is 2. The molecule has 1 fully saturated rings. The number of carboxylic acid groups (broad SMARTS) is 2. The van der Waals surface area contributed by atoms with Crippen LogP contribution in [0, 0.1) is 5.92 Å². The molecular formula is C17H28N4O7. The Morgan fingerprint density at radius 2 is 1.82 bits per heavy atom.